The number of ether oxygens (including phenoxy) is 1. The van der Waals surface area contributed by atoms with E-state index >= 15 is 0 Å². The molecule has 6 nitrogen and oxygen atoms in total. The van der Waals surface area contributed by atoms with Crippen molar-refractivity contribution in [2.45, 2.75) is 31.2 Å². The van der Waals surface area contributed by atoms with Gasteiger partial charge in [-0.3, -0.25) is 9.88 Å². The number of nitrogens with zero attached hydrogens (tertiary/aromatic N) is 4. The summed E-state index contributed by atoms with van der Waals surface area (Å²) in [5, 5.41) is 3.23. The van der Waals surface area contributed by atoms with Crippen molar-refractivity contribution in [3.8, 4) is 0 Å². The molecular weight excluding hydrogens is 302 g/mol. The van der Waals surface area contributed by atoms with Gasteiger partial charge in [0.2, 0.25) is 0 Å². The van der Waals surface area contributed by atoms with Crippen LogP contribution in [0.25, 0.3) is 0 Å². The molecule has 0 saturated carbocycles. The lowest BCUT2D eigenvalue weighted by molar-refractivity contribution is 0.122. The van der Waals surface area contributed by atoms with Gasteiger partial charge in [0.15, 0.2) is 0 Å². The van der Waals surface area contributed by atoms with Gasteiger partial charge in [-0.2, -0.15) is 0 Å². The molecule has 0 radical (unpaired) electrons. The molecule has 0 aromatic carbocycles. The zero-order valence-electron chi connectivity index (χ0n) is 13.8. The molecule has 6 heteroatoms. The number of aromatic nitrogens is 3. The molecule has 4 rings (SSSR count). The van der Waals surface area contributed by atoms with E-state index in [2.05, 4.69) is 37.3 Å². The second-order valence-electron chi connectivity index (χ2n) is 6.52. The van der Waals surface area contributed by atoms with Crippen molar-refractivity contribution in [1.82, 2.24) is 19.9 Å². The van der Waals surface area contributed by atoms with Crippen molar-refractivity contribution in [2.75, 3.05) is 31.6 Å². The molecule has 2 fully saturated rings. The number of hydrogen-bond acceptors (Lipinski definition) is 6. The average molecular weight is 325 g/mol. The summed E-state index contributed by atoms with van der Waals surface area (Å²) in [5.74, 6) is 2.16. The summed E-state index contributed by atoms with van der Waals surface area (Å²) in [6, 6.07) is 4.92. The van der Waals surface area contributed by atoms with Gasteiger partial charge in [-0.25, -0.2) is 9.97 Å². The molecule has 1 atom stereocenters. The highest BCUT2D eigenvalue weighted by molar-refractivity contribution is 5.51. The summed E-state index contributed by atoms with van der Waals surface area (Å²) in [5.41, 5.74) is 1.36. The monoisotopic (exact) mass is 325 g/mol. The van der Waals surface area contributed by atoms with Crippen molar-refractivity contribution in [1.29, 1.82) is 0 Å². The van der Waals surface area contributed by atoms with Crippen LogP contribution in [-0.2, 0) is 4.74 Å². The minimum absolute atomic E-state index is 0.606. The molecule has 1 unspecified atom stereocenters. The number of hydrogen-bond donors (Lipinski definition) is 1. The summed E-state index contributed by atoms with van der Waals surface area (Å²) in [4.78, 5) is 15.3. The molecule has 2 aromatic rings. The van der Waals surface area contributed by atoms with Crippen molar-refractivity contribution in [3.05, 3.63) is 42.5 Å². The Kier molecular flexibility index (Phi) is 4.66. The van der Waals surface area contributed by atoms with E-state index in [0.29, 0.717) is 12.0 Å². The normalized spacial score (nSPS) is 22.6. The van der Waals surface area contributed by atoms with Crippen LogP contribution in [0.2, 0.25) is 0 Å². The molecule has 126 valence electrons. The van der Waals surface area contributed by atoms with E-state index in [9.17, 15) is 0 Å². The average Bonchev–Trinajstić information content (AvgIpc) is 3.18. The van der Waals surface area contributed by atoms with E-state index in [1.54, 1.807) is 18.6 Å². The fraction of sp³-hybridized carbons (Fsp3) is 0.500. The largest absolute Gasteiger partial charge is 0.380 e. The smallest absolute Gasteiger partial charge is 0.150 e. The van der Waals surface area contributed by atoms with E-state index in [-0.39, 0.29) is 0 Å². The van der Waals surface area contributed by atoms with Crippen molar-refractivity contribution >= 4 is 11.6 Å². The number of rotatable bonds is 4. The standard InChI is InChI=1S/C18H23N5O/c1-5-20-17(22-18-12-19-6-7-21-18)11-15(1)14-2-8-23(9-3-14)16-4-10-24-13-16/h1,5-7,11-12,14,16H,2-4,8-10,13H2,(H,20,21,22). The fourth-order valence-electron chi connectivity index (χ4n) is 3.67. The van der Waals surface area contributed by atoms with Crippen LogP contribution in [0, 0.1) is 0 Å². The molecule has 0 spiro atoms. The fourth-order valence-corrected chi connectivity index (χ4v) is 3.67. The van der Waals surface area contributed by atoms with E-state index in [0.717, 1.165) is 37.9 Å². The lowest BCUT2D eigenvalue weighted by atomic mass is 9.89. The second kappa shape index (κ2) is 7.23. The molecule has 0 amide bonds. The summed E-state index contributed by atoms with van der Waals surface area (Å²) in [6.45, 7) is 4.15. The first-order chi connectivity index (χ1) is 11.9. The van der Waals surface area contributed by atoms with Gasteiger partial charge in [-0.1, -0.05) is 0 Å². The van der Waals surface area contributed by atoms with E-state index in [1.165, 1.54) is 24.8 Å². The number of likely N-dealkylation sites (tertiary alicyclic amines) is 1. The Morgan fingerprint density at radius 2 is 1.92 bits per heavy atom. The zero-order valence-corrected chi connectivity index (χ0v) is 13.8. The second-order valence-corrected chi connectivity index (χ2v) is 6.52. The topological polar surface area (TPSA) is 63.2 Å². The Balaban J connectivity index is 1.39. The van der Waals surface area contributed by atoms with Crippen LogP contribution in [-0.4, -0.2) is 52.2 Å². The van der Waals surface area contributed by atoms with Crippen molar-refractivity contribution in [2.24, 2.45) is 0 Å². The van der Waals surface area contributed by atoms with Gasteiger partial charge in [-0.05, 0) is 56.0 Å². The van der Waals surface area contributed by atoms with Crippen molar-refractivity contribution in [3.63, 3.8) is 0 Å². The van der Waals surface area contributed by atoms with Gasteiger partial charge >= 0.3 is 0 Å². The third-order valence-corrected chi connectivity index (χ3v) is 5.03. The predicted octanol–water partition coefficient (Wildman–Crippen LogP) is 2.58. The molecule has 1 N–H and O–H groups in total. The summed E-state index contributed by atoms with van der Waals surface area (Å²) in [6.07, 6.45) is 10.5. The number of pyridine rings is 1. The Bertz CT molecular complexity index is 651. The van der Waals surface area contributed by atoms with E-state index in [1.807, 2.05) is 6.20 Å². The number of piperidine rings is 1. The van der Waals surface area contributed by atoms with Crippen LogP contribution in [0.5, 0.6) is 0 Å². The molecule has 2 saturated heterocycles. The first-order valence-electron chi connectivity index (χ1n) is 8.69. The highest BCUT2D eigenvalue weighted by atomic mass is 16.5. The minimum atomic E-state index is 0.606. The van der Waals surface area contributed by atoms with Gasteiger partial charge < -0.3 is 10.1 Å². The van der Waals surface area contributed by atoms with Crippen LogP contribution in [0.1, 0.15) is 30.7 Å². The van der Waals surface area contributed by atoms with E-state index < -0.39 is 0 Å². The van der Waals surface area contributed by atoms with Crippen LogP contribution in [0.3, 0.4) is 0 Å². The Morgan fingerprint density at radius 3 is 2.67 bits per heavy atom. The van der Waals surface area contributed by atoms with Crippen LogP contribution < -0.4 is 5.32 Å². The minimum Gasteiger partial charge on any atom is -0.380 e. The van der Waals surface area contributed by atoms with Crippen LogP contribution in [0.4, 0.5) is 11.6 Å². The molecule has 4 heterocycles. The van der Waals surface area contributed by atoms with Gasteiger partial charge in [0.1, 0.15) is 11.6 Å². The molecule has 2 aromatic heterocycles. The summed E-state index contributed by atoms with van der Waals surface area (Å²) in [7, 11) is 0. The highest BCUT2D eigenvalue weighted by Gasteiger charge is 2.28. The van der Waals surface area contributed by atoms with Gasteiger partial charge in [0.25, 0.3) is 0 Å². The SMILES string of the molecule is c1cnc(Nc2cc(C3CCN(C4CCOC4)CC3)ccn2)cn1. The Hall–Kier alpha value is -2.05. The molecule has 24 heavy (non-hydrogen) atoms. The van der Waals surface area contributed by atoms with Crippen LogP contribution >= 0.6 is 0 Å². The quantitative estimate of drug-likeness (QED) is 0.932. The van der Waals surface area contributed by atoms with Gasteiger partial charge in [0, 0.05) is 31.2 Å². The third-order valence-electron chi connectivity index (χ3n) is 5.03. The van der Waals surface area contributed by atoms with Crippen molar-refractivity contribution < 1.29 is 4.74 Å². The van der Waals surface area contributed by atoms with E-state index in [4.69, 9.17) is 4.74 Å². The Morgan fingerprint density at radius 1 is 1.04 bits per heavy atom. The molecule has 0 bridgehead atoms. The van der Waals surface area contributed by atoms with Crippen LogP contribution in [0.15, 0.2) is 36.9 Å². The lowest BCUT2D eigenvalue weighted by Gasteiger charge is -2.35. The predicted molar refractivity (Wildman–Crippen MR) is 92.3 cm³/mol. The number of nitrogens with one attached hydrogen (secondary N) is 1. The molecular formula is C18H23N5O. The first kappa shape index (κ1) is 15.5. The maximum absolute atomic E-state index is 5.52. The van der Waals surface area contributed by atoms with Gasteiger partial charge in [0.05, 0.1) is 12.8 Å². The maximum atomic E-state index is 5.52. The first-order valence-corrected chi connectivity index (χ1v) is 8.69. The number of anilines is 2. The summed E-state index contributed by atoms with van der Waals surface area (Å²) < 4.78 is 5.52. The van der Waals surface area contributed by atoms with Gasteiger partial charge in [-0.15, -0.1) is 0 Å². The molecule has 0 aliphatic carbocycles. The zero-order chi connectivity index (χ0) is 16.2. The highest BCUT2D eigenvalue weighted by Crippen LogP contribution is 2.31. The Labute approximate surface area is 142 Å². The maximum Gasteiger partial charge on any atom is 0.150 e. The molecule has 2 aliphatic rings. The lowest BCUT2D eigenvalue weighted by Crippen LogP contribution is -2.41. The third kappa shape index (κ3) is 3.55. The molecule has 2 aliphatic heterocycles. The summed E-state index contributed by atoms with van der Waals surface area (Å²) >= 11 is 0.